The van der Waals surface area contributed by atoms with E-state index in [1.165, 1.54) is 12.8 Å². The van der Waals surface area contributed by atoms with Gasteiger partial charge in [-0.15, -0.1) is 5.10 Å². The lowest BCUT2D eigenvalue weighted by Crippen LogP contribution is -2.28. The molecule has 1 aromatic carbocycles. The number of H-pyrrole nitrogens is 1. The third kappa shape index (κ3) is 2.68. The van der Waals surface area contributed by atoms with Gasteiger partial charge in [0.25, 0.3) is 5.56 Å². The summed E-state index contributed by atoms with van der Waals surface area (Å²) in [5.74, 6) is 0.643. The topological polar surface area (TPSA) is 66.8 Å². The molecule has 1 N–H and O–H groups in total. The van der Waals surface area contributed by atoms with Gasteiger partial charge in [-0.3, -0.25) is 9.78 Å². The molecular formula is C18H21N5O. The molecule has 4 rings (SSSR count). The van der Waals surface area contributed by atoms with E-state index in [9.17, 15) is 4.79 Å². The Kier molecular flexibility index (Phi) is 3.80. The monoisotopic (exact) mass is 323 g/mol. The Morgan fingerprint density at radius 3 is 2.58 bits per heavy atom. The van der Waals surface area contributed by atoms with Crippen molar-refractivity contribution in [2.24, 2.45) is 0 Å². The number of hydrogen-bond donors (Lipinski definition) is 1. The Bertz CT molecular complexity index is 919. The maximum absolute atomic E-state index is 12.5. The summed E-state index contributed by atoms with van der Waals surface area (Å²) < 4.78 is 1.74. The molecule has 6 heteroatoms. The number of para-hydroxylation sites is 1. The lowest BCUT2D eigenvalue weighted by Gasteiger charge is -2.20. The Balaban J connectivity index is 1.78. The van der Waals surface area contributed by atoms with Crippen LogP contribution >= 0.6 is 0 Å². The van der Waals surface area contributed by atoms with Crippen LogP contribution in [0.15, 0.2) is 35.3 Å². The fourth-order valence-electron chi connectivity index (χ4n) is 3.28. The SMILES string of the molecule is Cc1ccccc1-n1cc2c(=O)[nH]c(N3CCCCCC3)nc2n1. The zero-order valence-electron chi connectivity index (χ0n) is 13.8. The molecule has 124 valence electrons. The van der Waals surface area contributed by atoms with Crippen LogP contribution in [0.3, 0.4) is 0 Å². The molecule has 0 spiro atoms. The molecule has 3 heterocycles. The second kappa shape index (κ2) is 6.11. The van der Waals surface area contributed by atoms with Crippen LogP contribution in [0.4, 0.5) is 5.95 Å². The van der Waals surface area contributed by atoms with Gasteiger partial charge in [-0.1, -0.05) is 31.0 Å². The predicted molar refractivity (Wildman–Crippen MR) is 94.9 cm³/mol. The maximum atomic E-state index is 12.5. The summed E-state index contributed by atoms with van der Waals surface area (Å²) in [6.07, 6.45) is 6.52. The third-order valence-corrected chi connectivity index (χ3v) is 4.64. The van der Waals surface area contributed by atoms with Gasteiger partial charge in [0.2, 0.25) is 5.95 Å². The largest absolute Gasteiger partial charge is 0.342 e. The molecule has 0 unspecified atom stereocenters. The third-order valence-electron chi connectivity index (χ3n) is 4.64. The lowest BCUT2D eigenvalue weighted by atomic mass is 10.2. The fourth-order valence-corrected chi connectivity index (χ4v) is 3.28. The number of aromatic amines is 1. The van der Waals surface area contributed by atoms with Crippen molar-refractivity contribution in [3.8, 4) is 5.69 Å². The summed E-state index contributed by atoms with van der Waals surface area (Å²) in [6, 6.07) is 7.98. The van der Waals surface area contributed by atoms with Gasteiger partial charge in [-0.05, 0) is 31.4 Å². The Hall–Kier alpha value is -2.63. The van der Waals surface area contributed by atoms with Gasteiger partial charge in [-0.2, -0.15) is 4.98 Å². The van der Waals surface area contributed by atoms with E-state index in [-0.39, 0.29) is 5.56 Å². The van der Waals surface area contributed by atoms with Gasteiger partial charge >= 0.3 is 0 Å². The number of nitrogens with one attached hydrogen (secondary N) is 1. The number of aryl methyl sites for hydroxylation is 1. The minimum atomic E-state index is -0.126. The first-order valence-electron chi connectivity index (χ1n) is 8.53. The van der Waals surface area contributed by atoms with Gasteiger partial charge < -0.3 is 4.90 Å². The summed E-state index contributed by atoms with van der Waals surface area (Å²) in [6.45, 7) is 3.90. The molecule has 1 saturated heterocycles. The molecule has 24 heavy (non-hydrogen) atoms. The normalized spacial score (nSPS) is 15.6. The van der Waals surface area contributed by atoms with Gasteiger partial charge in [0.05, 0.1) is 5.69 Å². The van der Waals surface area contributed by atoms with E-state index in [1.54, 1.807) is 10.9 Å². The summed E-state index contributed by atoms with van der Waals surface area (Å²) >= 11 is 0. The van der Waals surface area contributed by atoms with Crippen LogP contribution in [0, 0.1) is 6.92 Å². The zero-order valence-corrected chi connectivity index (χ0v) is 13.8. The predicted octanol–water partition coefficient (Wildman–Crippen LogP) is 2.80. The number of fused-ring (bicyclic) bond motifs is 1. The average Bonchev–Trinajstić information content (AvgIpc) is 2.82. The van der Waals surface area contributed by atoms with E-state index in [2.05, 4.69) is 20.0 Å². The van der Waals surface area contributed by atoms with Gasteiger partial charge in [0, 0.05) is 19.3 Å². The Morgan fingerprint density at radius 2 is 1.83 bits per heavy atom. The van der Waals surface area contributed by atoms with Gasteiger partial charge in [0.1, 0.15) is 5.39 Å². The first-order chi connectivity index (χ1) is 11.7. The summed E-state index contributed by atoms with van der Waals surface area (Å²) in [5, 5.41) is 5.07. The molecular weight excluding hydrogens is 302 g/mol. The highest BCUT2D eigenvalue weighted by Crippen LogP contribution is 2.18. The molecule has 1 aliphatic heterocycles. The first kappa shape index (κ1) is 14.9. The molecule has 0 atom stereocenters. The minimum Gasteiger partial charge on any atom is -0.342 e. The standard InChI is InChI=1S/C18H21N5O/c1-13-8-4-5-9-15(13)23-12-14-16(21-23)19-18(20-17(14)24)22-10-6-2-3-7-11-22/h4-5,8-9,12H,2-3,6-7,10-11H2,1H3,(H,19,20,21,24). The van der Waals surface area contributed by atoms with Crippen molar-refractivity contribution < 1.29 is 0 Å². The lowest BCUT2D eigenvalue weighted by molar-refractivity contribution is 0.726. The number of hydrogen-bond acceptors (Lipinski definition) is 4. The summed E-state index contributed by atoms with van der Waals surface area (Å²) in [7, 11) is 0. The number of anilines is 1. The van der Waals surface area contributed by atoms with Crippen LogP contribution in [0.25, 0.3) is 16.7 Å². The van der Waals surface area contributed by atoms with E-state index >= 15 is 0 Å². The number of rotatable bonds is 2. The van der Waals surface area contributed by atoms with E-state index < -0.39 is 0 Å². The van der Waals surface area contributed by atoms with Crippen molar-refractivity contribution in [2.45, 2.75) is 32.6 Å². The van der Waals surface area contributed by atoms with Crippen LogP contribution in [0.1, 0.15) is 31.2 Å². The van der Waals surface area contributed by atoms with Crippen molar-refractivity contribution in [1.29, 1.82) is 0 Å². The highest BCUT2D eigenvalue weighted by atomic mass is 16.1. The molecule has 0 saturated carbocycles. The highest BCUT2D eigenvalue weighted by Gasteiger charge is 2.16. The average molecular weight is 323 g/mol. The second-order valence-corrected chi connectivity index (χ2v) is 6.39. The molecule has 3 aromatic rings. The molecule has 0 amide bonds. The van der Waals surface area contributed by atoms with E-state index in [4.69, 9.17) is 0 Å². The van der Waals surface area contributed by atoms with Crippen molar-refractivity contribution in [1.82, 2.24) is 19.7 Å². The van der Waals surface area contributed by atoms with E-state index in [1.807, 2.05) is 31.2 Å². The molecule has 6 nitrogen and oxygen atoms in total. The van der Waals surface area contributed by atoms with Crippen LogP contribution in [0.5, 0.6) is 0 Å². The van der Waals surface area contributed by atoms with Crippen LogP contribution < -0.4 is 10.5 Å². The fraction of sp³-hybridized carbons (Fsp3) is 0.389. The highest BCUT2D eigenvalue weighted by molar-refractivity contribution is 5.74. The molecule has 1 fully saturated rings. The number of benzene rings is 1. The number of nitrogens with zero attached hydrogens (tertiary/aromatic N) is 4. The number of aromatic nitrogens is 4. The molecule has 0 radical (unpaired) electrons. The van der Waals surface area contributed by atoms with Gasteiger partial charge in [0.15, 0.2) is 5.65 Å². The molecule has 2 aromatic heterocycles. The van der Waals surface area contributed by atoms with E-state index in [0.717, 1.165) is 37.2 Å². The van der Waals surface area contributed by atoms with Crippen LogP contribution in [-0.2, 0) is 0 Å². The molecule has 0 aliphatic carbocycles. The Morgan fingerprint density at radius 1 is 1.08 bits per heavy atom. The smallest absolute Gasteiger partial charge is 0.263 e. The summed E-state index contributed by atoms with van der Waals surface area (Å²) in [5.41, 5.74) is 2.45. The maximum Gasteiger partial charge on any atom is 0.263 e. The van der Waals surface area contributed by atoms with Crippen LogP contribution in [-0.4, -0.2) is 32.8 Å². The van der Waals surface area contributed by atoms with E-state index in [0.29, 0.717) is 17.0 Å². The molecule has 1 aliphatic rings. The zero-order chi connectivity index (χ0) is 16.5. The molecule has 0 bridgehead atoms. The van der Waals surface area contributed by atoms with Crippen molar-refractivity contribution in [2.75, 3.05) is 18.0 Å². The summed E-state index contributed by atoms with van der Waals surface area (Å²) in [4.78, 5) is 22.2. The van der Waals surface area contributed by atoms with Crippen molar-refractivity contribution in [3.05, 3.63) is 46.4 Å². The first-order valence-corrected chi connectivity index (χ1v) is 8.53. The van der Waals surface area contributed by atoms with Crippen molar-refractivity contribution in [3.63, 3.8) is 0 Å². The Labute approximate surface area is 140 Å². The second-order valence-electron chi connectivity index (χ2n) is 6.39. The van der Waals surface area contributed by atoms with Gasteiger partial charge in [-0.25, -0.2) is 4.68 Å². The van der Waals surface area contributed by atoms with Crippen LogP contribution in [0.2, 0.25) is 0 Å². The van der Waals surface area contributed by atoms with Crippen molar-refractivity contribution >= 4 is 17.0 Å². The quantitative estimate of drug-likeness (QED) is 0.787. The minimum absolute atomic E-state index is 0.126.